The number of carbonyl (C=O) groups excluding carboxylic acids is 1. The van der Waals surface area contributed by atoms with Gasteiger partial charge in [0.05, 0.1) is 26.3 Å². The number of nitrogens with one attached hydrogen (secondary N) is 2. The maximum Gasteiger partial charge on any atom is 0.250 e. The lowest BCUT2D eigenvalue weighted by atomic mass is 9.93. The monoisotopic (exact) mass is 407 g/mol. The van der Waals surface area contributed by atoms with Gasteiger partial charge in [0.2, 0.25) is 11.9 Å². The topological polar surface area (TPSA) is 90.3 Å². The lowest BCUT2D eigenvalue weighted by Crippen LogP contribution is -2.28. The number of rotatable bonds is 6. The van der Waals surface area contributed by atoms with Crippen LogP contribution in [0.1, 0.15) is 43.0 Å². The number of anilines is 2. The maximum atomic E-state index is 11.8. The molecule has 8 nitrogen and oxygen atoms in total. The van der Waals surface area contributed by atoms with E-state index >= 15 is 0 Å². The Labute approximate surface area is 175 Å². The van der Waals surface area contributed by atoms with E-state index in [1.54, 1.807) is 21.1 Å². The van der Waals surface area contributed by atoms with Crippen LogP contribution in [0.2, 0.25) is 0 Å². The summed E-state index contributed by atoms with van der Waals surface area (Å²) < 4.78 is 12.4. The van der Waals surface area contributed by atoms with Crippen LogP contribution in [0.25, 0.3) is 0 Å². The smallest absolute Gasteiger partial charge is 0.250 e. The number of benzene rings is 2. The Bertz CT molecular complexity index is 1010. The molecule has 1 aliphatic rings. The van der Waals surface area contributed by atoms with E-state index in [1.165, 1.54) is 0 Å². The summed E-state index contributed by atoms with van der Waals surface area (Å²) in [6.07, 6.45) is 1.14. The standard InChI is InChI=1S/C22H25N5O3/c1-4-20(28)24-21-25-22-23-18(14-5-9-16(29-2)10-6-14)13-19(27(22)26-21)15-7-11-17(30-3)12-8-15/h5-12,18-19H,4,13H2,1-3H3,(H2,23,24,25,26,28)/t18-,19+/m0/s1. The van der Waals surface area contributed by atoms with Gasteiger partial charge in [0.1, 0.15) is 11.5 Å². The lowest BCUT2D eigenvalue weighted by molar-refractivity contribution is -0.115. The second kappa shape index (κ2) is 8.44. The van der Waals surface area contributed by atoms with Gasteiger partial charge < -0.3 is 14.8 Å². The number of methoxy groups -OCH3 is 2. The Kier molecular flexibility index (Phi) is 5.56. The molecule has 0 spiro atoms. The molecule has 0 aliphatic carbocycles. The molecule has 1 aromatic heterocycles. The number of hydrogen-bond acceptors (Lipinski definition) is 6. The predicted molar refractivity (Wildman–Crippen MR) is 114 cm³/mol. The van der Waals surface area contributed by atoms with Crippen LogP contribution in [0.5, 0.6) is 11.5 Å². The minimum Gasteiger partial charge on any atom is -0.497 e. The normalized spacial score (nSPS) is 17.6. The summed E-state index contributed by atoms with van der Waals surface area (Å²) in [6.45, 7) is 1.80. The minimum absolute atomic E-state index is 0.0365. The first kappa shape index (κ1) is 19.8. The molecule has 4 rings (SSSR count). The predicted octanol–water partition coefficient (Wildman–Crippen LogP) is 3.79. The summed E-state index contributed by atoms with van der Waals surface area (Å²) in [5.74, 6) is 2.42. The van der Waals surface area contributed by atoms with Gasteiger partial charge in [0, 0.05) is 6.42 Å². The third kappa shape index (κ3) is 3.94. The Hall–Kier alpha value is -3.55. The van der Waals surface area contributed by atoms with Crippen LogP contribution in [0.4, 0.5) is 11.9 Å². The van der Waals surface area contributed by atoms with Crippen LogP contribution in [0.3, 0.4) is 0 Å². The van der Waals surface area contributed by atoms with E-state index in [0.717, 1.165) is 29.0 Å². The highest BCUT2D eigenvalue weighted by Crippen LogP contribution is 2.38. The number of ether oxygens (including phenoxy) is 2. The molecule has 0 unspecified atom stereocenters. The van der Waals surface area contributed by atoms with Gasteiger partial charge in [-0.05, 0) is 41.8 Å². The second-order valence-electron chi connectivity index (χ2n) is 7.10. The van der Waals surface area contributed by atoms with E-state index in [1.807, 2.05) is 53.2 Å². The van der Waals surface area contributed by atoms with Crippen molar-refractivity contribution in [3.8, 4) is 11.5 Å². The lowest BCUT2D eigenvalue weighted by Gasteiger charge is -2.31. The highest BCUT2D eigenvalue weighted by atomic mass is 16.5. The van der Waals surface area contributed by atoms with Gasteiger partial charge in [-0.25, -0.2) is 4.68 Å². The molecule has 0 bridgehead atoms. The third-order valence-electron chi connectivity index (χ3n) is 5.28. The van der Waals surface area contributed by atoms with Crippen molar-refractivity contribution >= 4 is 17.8 Å². The molecule has 2 aromatic carbocycles. The molecule has 2 heterocycles. The molecule has 1 amide bonds. The van der Waals surface area contributed by atoms with Crippen molar-refractivity contribution in [1.29, 1.82) is 0 Å². The first-order chi connectivity index (χ1) is 14.6. The zero-order valence-electron chi connectivity index (χ0n) is 17.3. The molecule has 8 heteroatoms. The number of carbonyl (C=O) groups is 1. The molecular formula is C22H25N5O3. The minimum atomic E-state index is -0.120. The second-order valence-corrected chi connectivity index (χ2v) is 7.10. The van der Waals surface area contributed by atoms with Crippen molar-refractivity contribution in [2.24, 2.45) is 0 Å². The average molecular weight is 407 g/mol. The van der Waals surface area contributed by atoms with Gasteiger partial charge in [-0.15, -0.1) is 5.10 Å². The van der Waals surface area contributed by atoms with Crippen molar-refractivity contribution in [2.45, 2.75) is 31.8 Å². The van der Waals surface area contributed by atoms with Crippen LogP contribution >= 0.6 is 0 Å². The van der Waals surface area contributed by atoms with Crippen molar-refractivity contribution < 1.29 is 14.3 Å². The summed E-state index contributed by atoms with van der Waals surface area (Å²) in [7, 11) is 3.31. The fourth-order valence-corrected chi connectivity index (χ4v) is 3.60. The zero-order chi connectivity index (χ0) is 21.1. The summed E-state index contributed by atoms with van der Waals surface area (Å²) in [5, 5.41) is 10.8. The number of hydrogen-bond donors (Lipinski definition) is 2. The molecule has 2 atom stereocenters. The molecule has 1 aliphatic heterocycles. The summed E-state index contributed by atoms with van der Waals surface area (Å²) >= 11 is 0. The summed E-state index contributed by atoms with van der Waals surface area (Å²) in [6, 6.07) is 15.9. The molecule has 30 heavy (non-hydrogen) atoms. The maximum absolute atomic E-state index is 11.8. The van der Waals surface area contributed by atoms with Crippen LogP contribution in [-0.2, 0) is 4.79 Å². The van der Waals surface area contributed by atoms with E-state index in [0.29, 0.717) is 18.3 Å². The first-order valence-electron chi connectivity index (χ1n) is 9.92. The Balaban J connectivity index is 1.70. The SMILES string of the molecule is CCC(=O)Nc1nc2n(n1)[C@@H](c1ccc(OC)cc1)C[C@@H](c1ccc(OC)cc1)N2. The number of fused-ring (bicyclic) bond motifs is 1. The zero-order valence-corrected chi connectivity index (χ0v) is 17.3. The van der Waals surface area contributed by atoms with E-state index in [9.17, 15) is 4.79 Å². The van der Waals surface area contributed by atoms with Gasteiger partial charge >= 0.3 is 0 Å². The van der Waals surface area contributed by atoms with E-state index in [-0.39, 0.29) is 18.0 Å². The molecule has 156 valence electrons. The van der Waals surface area contributed by atoms with Gasteiger partial charge in [-0.1, -0.05) is 31.2 Å². The number of amides is 1. The van der Waals surface area contributed by atoms with E-state index in [2.05, 4.69) is 20.7 Å². The van der Waals surface area contributed by atoms with Gasteiger partial charge in [0.15, 0.2) is 0 Å². The largest absolute Gasteiger partial charge is 0.497 e. The number of nitrogens with zero attached hydrogens (tertiary/aromatic N) is 3. The van der Waals surface area contributed by atoms with Gasteiger partial charge in [-0.2, -0.15) is 4.98 Å². The molecule has 0 saturated carbocycles. The summed E-state index contributed by atoms with van der Waals surface area (Å²) in [4.78, 5) is 16.3. The van der Waals surface area contributed by atoms with Gasteiger partial charge in [0.25, 0.3) is 5.95 Å². The molecular weight excluding hydrogens is 382 g/mol. The molecule has 0 saturated heterocycles. The van der Waals surface area contributed by atoms with Crippen LogP contribution in [-0.4, -0.2) is 34.9 Å². The highest BCUT2D eigenvalue weighted by Gasteiger charge is 2.31. The Morgan fingerprint density at radius 1 is 1.07 bits per heavy atom. The molecule has 0 fully saturated rings. The van der Waals surface area contributed by atoms with Crippen LogP contribution < -0.4 is 20.1 Å². The van der Waals surface area contributed by atoms with Crippen molar-refractivity contribution in [2.75, 3.05) is 24.9 Å². The van der Waals surface area contributed by atoms with E-state index in [4.69, 9.17) is 9.47 Å². The third-order valence-corrected chi connectivity index (χ3v) is 5.28. The molecule has 0 radical (unpaired) electrons. The van der Waals surface area contributed by atoms with Crippen molar-refractivity contribution in [1.82, 2.24) is 14.8 Å². The average Bonchev–Trinajstić information content (AvgIpc) is 3.20. The fraction of sp³-hybridized carbons (Fsp3) is 0.318. The summed E-state index contributed by atoms with van der Waals surface area (Å²) in [5.41, 5.74) is 2.22. The number of aromatic nitrogens is 3. The van der Waals surface area contributed by atoms with Crippen molar-refractivity contribution in [3.63, 3.8) is 0 Å². The van der Waals surface area contributed by atoms with E-state index < -0.39 is 0 Å². The highest BCUT2D eigenvalue weighted by molar-refractivity contribution is 5.88. The Morgan fingerprint density at radius 3 is 2.23 bits per heavy atom. The molecule has 3 aromatic rings. The van der Waals surface area contributed by atoms with Crippen LogP contribution in [0.15, 0.2) is 48.5 Å². The van der Waals surface area contributed by atoms with Crippen molar-refractivity contribution in [3.05, 3.63) is 59.7 Å². The molecule has 2 N–H and O–H groups in total. The fourth-order valence-electron chi connectivity index (χ4n) is 3.60. The Morgan fingerprint density at radius 2 is 1.67 bits per heavy atom. The quantitative estimate of drug-likeness (QED) is 0.646. The van der Waals surface area contributed by atoms with Gasteiger partial charge in [-0.3, -0.25) is 10.1 Å². The van der Waals surface area contributed by atoms with Crippen LogP contribution in [0, 0.1) is 0 Å². The first-order valence-corrected chi connectivity index (χ1v) is 9.92.